The first-order valence-corrected chi connectivity index (χ1v) is 6.48. The topological polar surface area (TPSA) is 90.6 Å². The molecule has 114 valence electrons. The van der Waals surface area contributed by atoms with Crippen molar-refractivity contribution >= 4 is 23.3 Å². The van der Waals surface area contributed by atoms with Crippen LogP contribution in [0.25, 0.3) is 0 Å². The summed E-state index contributed by atoms with van der Waals surface area (Å²) in [5.74, 6) is -0.222. The van der Waals surface area contributed by atoms with Crippen LogP contribution in [-0.4, -0.2) is 26.1 Å². The first kappa shape index (κ1) is 15.4. The first-order chi connectivity index (χ1) is 10.5. The summed E-state index contributed by atoms with van der Waals surface area (Å²) in [4.78, 5) is 23.5. The number of rotatable bonds is 4. The SMILES string of the molecule is COC(=O)c1ccc(NC(=O)c2ccc(OC)c(N)c2)cc1. The summed E-state index contributed by atoms with van der Waals surface area (Å²) in [5, 5.41) is 2.72. The molecular formula is C16H16N2O4. The van der Waals surface area contributed by atoms with Gasteiger partial charge in [0, 0.05) is 11.3 Å². The number of hydrogen-bond donors (Lipinski definition) is 2. The van der Waals surface area contributed by atoms with Crippen LogP contribution in [0.5, 0.6) is 5.75 Å². The van der Waals surface area contributed by atoms with Crippen molar-refractivity contribution in [3.63, 3.8) is 0 Å². The molecular weight excluding hydrogens is 284 g/mol. The van der Waals surface area contributed by atoms with E-state index in [-0.39, 0.29) is 5.91 Å². The zero-order valence-corrected chi connectivity index (χ0v) is 12.3. The van der Waals surface area contributed by atoms with E-state index in [9.17, 15) is 9.59 Å². The largest absolute Gasteiger partial charge is 0.495 e. The maximum Gasteiger partial charge on any atom is 0.337 e. The van der Waals surface area contributed by atoms with Gasteiger partial charge in [-0.25, -0.2) is 4.79 Å². The molecule has 3 N–H and O–H groups in total. The molecule has 0 spiro atoms. The van der Waals surface area contributed by atoms with E-state index in [1.807, 2.05) is 0 Å². The lowest BCUT2D eigenvalue weighted by molar-refractivity contribution is 0.0600. The zero-order valence-electron chi connectivity index (χ0n) is 12.3. The molecule has 6 heteroatoms. The molecule has 0 aliphatic carbocycles. The van der Waals surface area contributed by atoms with Crippen LogP contribution in [-0.2, 0) is 4.74 Å². The zero-order chi connectivity index (χ0) is 16.1. The molecule has 2 aromatic carbocycles. The van der Waals surface area contributed by atoms with Gasteiger partial charge in [0.1, 0.15) is 5.75 Å². The number of carbonyl (C=O) groups excluding carboxylic acids is 2. The summed E-state index contributed by atoms with van der Waals surface area (Å²) < 4.78 is 9.65. The molecule has 0 atom stereocenters. The van der Waals surface area contributed by atoms with Crippen LogP contribution < -0.4 is 15.8 Å². The molecule has 0 bridgehead atoms. The van der Waals surface area contributed by atoms with E-state index in [2.05, 4.69) is 10.1 Å². The number of amides is 1. The van der Waals surface area contributed by atoms with Crippen LogP contribution in [0.2, 0.25) is 0 Å². The Morgan fingerprint density at radius 2 is 1.64 bits per heavy atom. The highest BCUT2D eigenvalue weighted by atomic mass is 16.5. The highest BCUT2D eigenvalue weighted by molar-refractivity contribution is 6.05. The number of carbonyl (C=O) groups is 2. The molecule has 0 aliphatic rings. The van der Waals surface area contributed by atoms with Crippen molar-refractivity contribution < 1.29 is 19.1 Å². The number of nitrogen functional groups attached to an aromatic ring is 1. The van der Waals surface area contributed by atoms with Crippen LogP contribution in [0.15, 0.2) is 42.5 Å². The normalized spacial score (nSPS) is 9.91. The summed E-state index contributed by atoms with van der Waals surface area (Å²) in [6.45, 7) is 0. The summed E-state index contributed by atoms with van der Waals surface area (Å²) in [6, 6.07) is 11.2. The van der Waals surface area contributed by atoms with Gasteiger partial charge in [0.05, 0.1) is 25.5 Å². The second kappa shape index (κ2) is 6.62. The highest BCUT2D eigenvalue weighted by Crippen LogP contribution is 2.22. The van der Waals surface area contributed by atoms with E-state index in [4.69, 9.17) is 10.5 Å². The number of methoxy groups -OCH3 is 2. The second-order valence-corrected chi connectivity index (χ2v) is 4.48. The third-order valence-corrected chi connectivity index (χ3v) is 3.06. The maximum atomic E-state index is 12.1. The van der Waals surface area contributed by atoms with Gasteiger partial charge < -0.3 is 20.5 Å². The van der Waals surface area contributed by atoms with Crippen molar-refractivity contribution in [2.75, 3.05) is 25.3 Å². The molecule has 0 heterocycles. The molecule has 0 aliphatic heterocycles. The molecule has 0 unspecified atom stereocenters. The summed E-state index contributed by atoms with van der Waals surface area (Å²) in [7, 11) is 2.82. The fraction of sp³-hybridized carbons (Fsp3) is 0.125. The Kier molecular flexibility index (Phi) is 4.63. The van der Waals surface area contributed by atoms with Gasteiger partial charge in [-0.1, -0.05) is 0 Å². The minimum Gasteiger partial charge on any atom is -0.495 e. The van der Waals surface area contributed by atoms with Crippen LogP contribution in [0.4, 0.5) is 11.4 Å². The highest BCUT2D eigenvalue weighted by Gasteiger charge is 2.10. The fourth-order valence-electron chi connectivity index (χ4n) is 1.89. The first-order valence-electron chi connectivity index (χ1n) is 6.48. The molecule has 0 radical (unpaired) electrons. The smallest absolute Gasteiger partial charge is 0.337 e. The molecule has 0 fully saturated rings. The van der Waals surface area contributed by atoms with Gasteiger partial charge >= 0.3 is 5.97 Å². The molecule has 1 amide bonds. The van der Waals surface area contributed by atoms with Crippen molar-refractivity contribution in [3.8, 4) is 5.75 Å². The lowest BCUT2D eigenvalue weighted by Gasteiger charge is -2.08. The standard InChI is InChI=1S/C16H16N2O4/c1-21-14-8-5-11(9-13(14)17)15(19)18-12-6-3-10(4-7-12)16(20)22-2/h3-9H,17H2,1-2H3,(H,18,19). The monoisotopic (exact) mass is 300 g/mol. The third kappa shape index (κ3) is 3.35. The Morgan fingerprint density at radius 3 is 2.18 bits per heavy atom. The van der Waals surface area contributed by atoms with Gasteiger partial charge in [-0.3, -0.25) is 4.79 Å². The lowest BCUT2D eigenvalue weighted by atomic mass is 10.1. The molecule has 0 aromatic heterocycles. The molecule has 0 saturated heterocycles. The molecule has 0 saturated carbocycles. The maximum absolute atomic E-state index is 12.1. The van der Waals surface area contributed by atoms with Gasteiger partial charge in [-0.2, -0.15) is 0 Å². The van der Waals surface area contributed by atoms with Crippen molar-refractivity contribution in [2.24, 2.45) is 0 Å². The average Bonchev–Trinajstić information content (AvgIpc) is 2.54. The lowest BCUT2D eigenvalue weighted by Crippen LogP contribution is -2.12. The Balaban J connectivity index is 2.11. The minimum absolute atomic E-state index is 0.305. The van der Waals surface area contributed by atoms with Crippen molar-refractivity contribution in [1.82, 2.24) is 0 Å². The number of hydrogen-bond acceptors (Lipinski definition) is 5. The van der Waals surface area contributed by atoms with Crippen LogP contribution in [0.3, 0.4) is 0 Å². The molecule has 22 heavy (non-hydrogen) atoms. The van der Waals surface area contributed by atoms with Gasteiger partial charge in [0.15, 0.2) is 0 Å². The van der Waals surface area contributed by atoms with Gasteiger partial charge in [0.25, 0.3) is 5.91 Å². The average molecular weight is 300 g/mol. The van der Waals surface area contributed by atoms with Crippen LogP contribution >= 0.6 is 0 Å². The fourth-order valence-corrected chi connectivity index (χ4v) is 1.89. The van der Waals surface area contributed by atoms with E-state index in [1.165, 1.54) is 20.3 Å². The number of anilines is 2. The van der Waals surface area contributed by atoms with Gasteiger partial charge in [-0.15, -0.1) is 0 Å². The van der Waals surface area contributed by atoms with Crippen LogP contribution in [0.1, 0.15) is 20.7 Å². The molecule has 2 aromatic rings. The number of esters is 1. The quantitative estimate of drug-likeness (QED) is 0.668. The van der Waals surface area contributed by atoms with Crippen LogP contribution in [0, 0.1) is 0 Å². The second-order valence-electron chi connectivity index (χ2n) is 4.48. The van der Waals surface area contributed by atoms with Crippen molar-refractivity contribution in [2.45, 2.75) is 0 Å². The number of ether oxygens (including phenoxy) is 2. The van der Waals surface area contributed by atoms with Crippen molar-refractivity contribution in [1.29, 1.82) is 0 Å². The predicted octanol–water partition coefficient (Wildman–Crippen LogP) is 2.32. The van der Waals surface area contributed by atoms with E-state index >= 15 is 0 Å². The Morgan fingerprint density at radius 1 is 1.00 bits per heavy atom. The summed E-state index contributed by atoms with van der Waals surface area (Å²) in [5.41, 5.74) is 7.55. The van der Waals surface area contributed by atoms with Gasteiger partial charge in [0.2, 0.25) is 0 Å². The van der Waals surface area contributed by atoms with E-state index in [0.717, 1.165) is 0 Å². The molecule has 6 nitrogen and oxygen atoms in total. The third-order valence-electron chi connectivity index (χ3n) is 3.06. The summed E-state index contributed by atoms with van der Waals surface area (Å²) in [6.07, 6.45) is 0. The van der Waals surface area contributed by atoms with Crippen molar-refractivity contribution in [3.05, 3.63) is 53.6 Å². The number of benzene rings is 2. The van der Waals surface area contributed by atoms with Gasteiger partial charge in [-0.05, 0) is 42.5 Å². The summed E-state index contributed by atoms with van der Waals surface area (Å²) >= 11 is 0. The Labute approximate surface area is 127 Å². The number of nitrogens with two attached hydrogens (primary N) is 1. The minimum atomic E-state index is -0.430. The van der Waals surface area contributed by atoms with E-state index in [1.54, 1.807) is 36.4 Å². The van der Waals surface area contributed by atoms with E-state index < -0.39 is 5.97 Å². The number of nitrogens with one attached hydrogen (secondary N) is 1. The molecule has 2 rings (SSSR count). The Hall–Kier alpha value is -3.02. The predicted molar refractivity (Wildman–Crippen MR) is 83.1 cm³/mol. The van der Waals surface area contributed by atoms with E-state index in [0.29, 0.717) is 28.3 Å². The Bertz CT molecular complexity index is 696.